The predicted molar refractivity (Wildman–Crippen MR) is 86.4 cm³/mol. The van der Waals surface area contributed by atoms with Crippen LogP contribution in [0.2, 0.25) is 0 Å². The Hall–Kier alpha value is -2.40. The summed E-state index contributed by atoms with van der Waals surface area (Å²) >= 11 is 0. The van der Waals surface area contributed by atoms with E-state index in [-0.39, 0.29) is 11.8 Å². The third-order valence-electron chi connectivity index (χ3n) is 4.15. The molecule has 0 saturated carbocycles. The standard InChI is InChI=1S/C18H20N2O3/c1-18(2,22)13-11-20(12-13)17(21)15-10-19-9-8-16(15)23-14-6-4-3-5-7-14/h3-10,13,22H,11-12H2,1-2H3. The Morgan fingerprint density at radius 3 is 2.61 bits per heavy atom. The van der Waals surface area contributed by atoms with Crippen molar-refractivity contribution in [3.63, 3.8) is 0 Å². The van der Waals surface area contributed by atoms with Crippen molar-refractivity contribution in [3.05, 3.63) is 54.4 Å². The van der Waals surface area contributed by atoms with E-state index >= 15 is 0 Å². The molecule has 0 aliphatic carbocycles. The first-order valence-corrected chi connectivity index (χ1v) is 7.63. The van der Waals surface area contributed by atoms with E-state index in [0.29, 0.717) is 30.2 Å². The Morgan fingerprint density at radius 2 is 1.96 bits per heavy atom. The summed E-state index contributed by atoms with van der Waals surface area (Å²) in [7, 11) is 0. The topological polar surface area (TPSA) is 62.7 Å². The monoisotopic (exact) mass is 312 g/mol. The van der Waals surface area contributed by atoms with Crippen LogP contribution >= 0.6 is 0 Å². The van der Waals surface area contributed by atoms with Gasteiger partial charge in [-0.05, 0) is 32.0 Å². The van der Waals surface area contributed by atoms with E-state index in [1.54, 1.807) is 31.0 Å². The van der Waals surface area contributed by atoms with E-state index in [4.69, 9.17) is 4.74 Å². The summed E-state index contributed by atoms with van der Waals surface area (Å²) in [5.74, 6) is 1.14. The van der Waals surface area contributed by atoms with Gasteiger partial charge in [-0.1, -0.05) is 18.2 Å². The molecule has 0 bridgehead atoms. The van der Waals surface area contributed by atoms with Gasteiger partial charge in [0.2, 0.25) is 0 Å². The third-order valence-corrected chi connectivity index (χ3v) is 4.15. The van der Waals surface area contributed by atoms with Gasteiger partial charge < -0.3 is 14.7 Å². The largest absolute Gasteiger partial charge is 0.456 e. The number of likely N-dealkylation sites (tertiary alicyclic amines) is 1. The Kier molecular flexibility index (Phi) is 4.05. The Balaban J connectivity index is 1.75. The Bertz CT molecular complexity index is 689. The molecule has 1 amide bonds. The summed E-state index contributed by atoms with van der Waals surface area (Å²) < 4.78 is 5.81. The van der Waals surface area contributed by atoms with Crippen molar-refractivity contribution in [2.75, 3.05) is 13.1 Å². The van der Waals surface area contributed by atoms with Crippen LogP contribution < -0.4 is 4.74 Å². The highest BCUT2D eigenvalue weighted by Gasteiger charge is 2.40. The van der Waals surface area contributed by atoms with Crippen molar-refractivity contribution in [2.24, 2.45) is 5.92 Å². The first-order chi connectivity index (χ1) is 10.9. The number of rotatable bonds is 4. The zero-order chi connectivity index (χ0) is 16.4. The molecule has 2 aromatic rings. The zero-order valence-electron chi connectivity index (χ0n) is 13.3. The molecular formula is C18H20N2O3. The van der Waals surface area contributed by atoms with E-state index in [9.17, 15) is 9.90 Å². The number of pyridine rings is 1. The molecule has 1 aromatic carbocycles. The minimum absolute atomic E-state index is 0.0987. The molecule has 1 N–H and O–H groups in total. The Labute approximate surface area is 135 Å². The predicted octanol–water partition coefficient (Wildman–Crippen LogP) is 2.72. The van der Waals surface area contributed by atoms with Crippen LogP contribution in [0.3, 0.4) is 0 Å². The van der Waals surface area contributed by atoms with Gasteiger partial charge >= 0.3 is 0 Å². The van der Waals surface area contributed by atoms with Gasteiger partial charge in [-0.3, -0.25) is 9.78 Å². The highest BCUT2D eigenvalue weighted by atomic mass is 16.5. The molecule has 1 saturated heterocycles. The van der Waals surface area contributed by atoms with Gasteiger partial charge in [-0.2, -0.15) is 0 Å². The smallest absolute Gasteiger partial charge is 0.259 e. The Morgan fingerprint density at radius 1 is 1.26 bits per heavy atom. The van der Waals surface area contributed by atoms with Crippen LogP contribution in [0.25, 0.3) is 0 Å². The van der Waals surface area contributed by atoms with Crippen molar-refractivity contribution >= 4 is 5.91 Å². The number of carbonyl (C=O) groups excluding carboxylic acids is 1. The van der Waals surface area contributed by atoms with E-state index in [2.05, 4.69) is 4.98 Å². The lowest BCUT2D eigenvalue weighted by molar-refractivity contribution is -0.0507. The molecule has 23 heavy (non-hydrogen) atoms. The van der Waals surface area contributed by atoms with Crippen LogP contribution in [0.4, 0.5) is 0 Å². The molecule has 5 heteroatoms. The van der Waals surface area contributed by atoms with Gasteiger partial charge in [0.15, 0.2) is 0 Å². The number of amides is 1. The molecule has 0 atom stereocenters. The molecule has 1 fully saturated rings. The van der Waals surface area contributed by atoms with Crippen molar-refractivity contribution in [3.8, 4) is 11.5 Å². The van der Waals surface area contributed by atoms with E-state index in [1.165, 1.54) is 6.20 Å². The molecule has 1 aliphatic heterocycles. The van der Waals surface area contributed by atoms with E-state index < -0.39 is 5.60 Å². The second-order valence-electron chi connectivity index (χ2n) is 6.35. The SMILES string of the molecule is CC(C)(O)C1CN(C(=O)c2cnccc2Oc2ccccc2)C1. The van der Waals surface area contributed by atoms with Crippen LogP contribution in [-0.2, 0) is 0 Å². The van der Waals surface area contributed by atoms with Gasteiger partial charge in [-0.25, -0.2) is 0 Å². The summed E-state index contributed by atoms with van der Waals surface area (Å²) in [6.07, 6.45) is 3.13. The van der Waals surface area contributed by atoms with Gasteiger partial charge in [-0.15, -0.1) is 0 Å². The van der Waals surface area contributed by atoms with Crippen LogP contribution in [0.1, 0.15) is 24.2 Å². The van der Waals surface area contributed by atoms with E-state index in [0.717, 1.165) is 0 Å². The molecule has 0 spiro atoms. The maximum atomic E-state index is 12.6. The lowest BCUT2D eigenvalue weighted by Gasteiger charge is -2.45. The van der Waals surface area contributed by atoms with Crippen LogP contribution in [-0.4, -0.2) is 39.6 Å². The fourth-order valence-corrected chi connectivity index (χ4v) is 2.51. The second-order valence-corrected chi connectivity index (χ2v) is 6.35. The minimum Gasteiger partial charge on any atom is -0.456 e. The normalized spacial score (nSPS) is 15.2. The number of nitrogens with zero attached hydrogens (tertiary/aromatic N) is 2. The van der Waals surface area contributed by atoms with E-state index in [1.807, 2.05) is 30.3 Å². The van der Waals surface area contributed by atoms with Gasteiger partial charge in [0.25, 0.3) is 5.91 Å². The van der Waals surface area contributed by atoms with Crippen molar-refractivity contribution < 1.29 is 14.6 Å². The van der Waals surface area contributed by atoms with Crippen molar-refractivity contribution in [2.45, 2.75) is 19.4 Å². The average Bonchev–Trinajstić information content (AvgIpc) is 2.45. The summed E-state index contributed by atoms with van der Waals surface area (Å²) in [4.78, 5) is 18.4. The summed E-state index contributed by atoms with van der Waals surface area (Å²) in [6.45, 7) is 4.63. The number of ether oxygens (including phenoxy) is 1. The number of para-hydroxylation sites is 1. The highest BCUT2D eigenvalue weighted by Crippen LogP contribution is 2.31. The number of aromatic nitrogens is 1. The molecule has 1 aliphatic rings. The molecule has 5 nitrogen and oxygen atoms in total. The molecular weight excluding hydrogens is 292 g/mol. The zero-order valence-corrected chi connectivity index (χ0v) is 13.3. The summed E-state index contributed by atoms with van der Waals surface area (Å²) in [6, 6.07) is 11.0. The number of carbonyl (C=O) groups is 1. The van der Waals surface area contributed by atoms with Crippen LogP contribution in [0, 0.1) is 5.92 Å². The van der Waals surface area contributed by atoms with Crippen molar-refractivity contribution in [1.29, 1.82) is 0 Å². The fourth-order valence-electron chi connectivity index (χ4n) is 2.51. The van der Waals surface area contributed by atoms with Gasteiger partial charge in [0.1, 0.15) is 17.1 Å². The summed E-state index contributed by atoms with van der Waals surface area (Å²) in [5, 5.41) is 9.98. The third kappa shape index (κ3) is 3.35. The number of benzene rings is 1. The number of hydrogen-bond acceptors (Lipinski definition) is 4. The maximum absolute atomic E-state index is 12.6. The quantitative estimate of drug-likeness (QED) is 0.943. The number of hydrogen-bond donors (Lipinski definition) is 1. The van der Waals surface area contributed by atoms with Crippen molar-refractivity contribution in [1.82, 2.24) is 9.88 Å². The minimum atomic E-state index is -0.769. The maximum Gasteiger partial charge on any atom is 0.259 e. The molecule has 3 rings (SSSR count). The molecule has 120 valence electrons. The molecule has 2 heterocycles. The fraction of sp³-hybridized carbons (Fsp3) is 0.333. The number of aliphatic hydroxyl groups is 1. The van der Waals surface area contributed by atoms with Crippen LogP contribution in [0.5, 0.6) is 11.5 Å². The summed E-state index contributed by atoms with van der Waals surface area (Å²) in [5.41, 5.74) is -0.333. The van der Waals surface area contributed by atoms with Gasteiger partial charge in [0.05, 0.1) is 5.60 Å². The average molecular weight is 312 g/mol. The second kappa shape index (κ2) is 6.01. The molecule has 0 unspecified atom stereocenters. The van der Waals surface area contributed by atoms with Gasteiger partial charge in [0, 0.05) is 31.4 Å². The van der Waals surface area contributed by atoms with Crippen LogP contribution in [0.15, 0.2) is 48.8 Å². The lowest BCUT2D eigenvalue weighted by atomic mass is 9.84. The highest BCUT2D eigenvalue weighted by molar-refractivity contribution is 5.97. The first-order valence-electron chi connectivity index (χ1n) is 7.63. The molecule has 0 radical (unpaired) electrons. The molecule has 1 aromatic heterocycles. The first kappa shape index (κ1) is 15.5. The lowest BCUT2D eigenvalue weighted by Crippen LogP contribution is -2.57.